The van der Waals surface area contributed by atoms with Crippen LogP contribution in [-0.2, 0) is 13.1 Å². The van der Waals surface area contributed by atoms with E-state index in [1.165, 1.54) is 11.1 Å². The van der Waals surface area contributed by atoms with Crippen molar-refractivity contribution in [2.24, 2.45) is 0 Å². The summed E-state index contributed by atoms with van der Waals surface area (Å²) >= 11 is 0. The lowest BCUT2D eigenvalue weighted by atomic mass is 10.1. The molecule has 5 heteroatoms. The minimum atomic E-state index is -0.183. The van der Waals surface area contributed by atoms with Crippen LogP contribution in [0.15, 0.2) is 65.5 Å². The number of carbonyl (C=O) groups is 1. The Labute approximate surface area is 140 Å². The van der Waals surface area contributed by atoms with E-state index >= 15 is 0 Å². The molecule has 0 atom stereocenters. The monoisotopic (exact) mass is 321 g/mol. The number of hydrogen-bond donors (Lipinski definition) is 2. The maximum atomic E-state index is 12.2. The Kier molecular flexibility index (Phi) is 4.91. The molecule has 0 bridgehead atoms. The van der Waals surface area contributed by atoms with Crippen LogP contribution in [0.25, 0.3) is 0 Å². The third-order valence-corrected chi connectivity index (χ3v) is 3.62. The molecule has 0 unspecified atom stereocenters. The number of rotatable bonds is 6. The first-order valence-electron chi connectivity index (χ1n) is 7.76. The van der Waals surface area contributed by atoms with E-state index in [0.29, 0.717) is 24.4 Å². The summed E-state index contributed by atoms with van der Waals surface area (Å²) in [4.78, 5) is 16.3. The van der Waals surface area contributed by atoms with Gasteiger partial charge in [0, 0.05) is 18.9 Å². The quantitative estimate of drug-likeness (QED) is 0.729. The third-order valence-electron chi connectivity index (χ3n) is 3.62. The predicted molar refractivity (Wildman–Crippen MR) is 92.6 cm³/mol. The average molecular weight is 321 g/mol. The lowest BCUT2D eigenvalue weighted by molar-refractivity contribution is 0.0947. The highest BCUT2D eigenvalue weighted by Crippen LogP contribution is 2.11. The molecule has 1 aromatic carbocycles. The Hall–Kier alpha value is -3.08. The summed E-state index contributed by atoms with van der Waals surface area (Å²) in [5, 5.41) is 6.09. The number of anilines is 1. The number of carbonyl (C=O) groups excluding carboxylic acids is 1. The molecule has 5 nitrogen and oxygen atoms in total. The number of amides is 1. The molecule has 0 aliphatic rings. The molecule has 3 aromatic rings. The van der Waals surface area contributed by atoms with Crippen molar-refractivity contribution in [1.29, 1.82) is 0 Å². The molecule has 0 saturated carbocycles. The second-order valence-electron chi connectivity index (χ2n) is 5.56. The summed E-state index contributed by atoms with van der Waals surface area (Å²) in [6.45, 7) is 3.10. The molecule has 0 radical (unpaired) electrons. The van der Waals surface area contributed by atoms with Crippen LogP contribution in [0.1, 0.15) is 27.2 Å². The molecule has 2 aromatic heterocycles. The minimum Gasteiger partial charge on any atom is -0.467 e. The molecule has 1 amide bonds. The van der Waals surface area contributed by atoms with Crippen LogP contribution in [0.2, 0.25) is 0 Å². The van der Waals surface area contributed by atoms with E-state index in [0.717, 1.165) is 5.69 Å². The maximum Gasteiger partial charge on any atom is 0.253 e. The topological polar surface area (TPSA) is 67.2 Å². The molecular weight excluding hydrogens is 302 g/mol. The highest BCUT2D eigenvalue weighted by Gasteiger charge is 2.07. The third kappa shape index (κ3) is 4.23. The zero-order chi connectivity index (χ0) is 16.8. The fraction of sp³-hybridized carbons (Fsp3) is 0.158. The van der Waals surface area contributed by atoms with Gasteiger partial charge in [0.2, 0.25) is 0 Å². The highest BCUT2D eigenvalue weighted by atomic mass is 16.3. The van der Waals surface area contributed by atoms with Gasteiger partial charge >= 0.3 is 0 Å². The van der Waals surface area contributed by atoms with Gasteiger partial charge in [0.25, 0.3) is 5.91 Å². The van der Waals surface area contributed by atoms with Gasteiger partial charge in [-0.25, -0.2) is 0 Å². The van der Waals surface area contributed by atoms with Crippen molar-refractivity contribution < 1.29 is 9.21 Å². The van der Waals surface area contributed by atoms with E-state index in [2.05, 4.69) is 46.8 Å². The maximum absolute atomic E-state index is 12.2. The van der Waals surface area contributed by atoms with E-state index in [1.807, 2.05) is 6.07 Å². The number of nitrogens with zero attached hydrogens (tertiary/aromatic N) is 1. The molecule has 0 saturated heterocycles. The van der Waals surface area contributed by atoms with Crippen molar-refractivity contribution in [2.45, 2.75) is 20.0 Å². The normalized spacial score (nSPS) is 10.4. The van der Waals surface area contributed by atoms with Gasteiger partial charge < -0.3 is 15.1 Å². The largest absolute Gasteiger partial charge is 0.467 e. The highest BCUT2D eigenvalue weighted by molar-refractivity contribution is 5.94. The number of hydrogen-bond acceptors (Lipinski definition) is 4. The molecule has 2 N–H and O–H groups in total. The van der Waals surface area contributed by atoms with E-state index in [9.17, 15) is 4.79 Å². The second kappa shape index (κ2) is 7.46. The van der Waals surface area contributed by atoms with Crippen molar-refractivity contribution in [3.05, 3.63) is 83.6 Å². The van der Waals surface area contributed by atoms with Crippen molar-refractivity contribution in [2.75, 3.05) is 5.32 Å². The Morgan fingerprint density at radius 2 is 1.96 bits per heavy atom. The van der Waals surface area contributed by atoms with Gasteiger partial charge in [0.05, 0.1) is 24.1 Å². The van der Waals surface area contributed by atoms with Gasteiger partial charge in [-0.2, -0.15) is 0 Å². The Bertz CT molecular complexity index is 796. The summed E-state index contributed by atoms with van der Waals surface area (Å²) in [5.41, 5.74) is 3.72. The van der Waals surface area contributed by atoms with Crippen LogP contribution in [-0.4, -0.2) is 10.9 Å². The number of nitrogens with one attached hydrogen (secondary N) is 2. The Morgan fingerprint density at radius 1 is 1.12 bits per heavy atom. The summed E-state index contributed by atoms with van der Waals surface area (Å²) in [6, 6.07) is 13.7. The van der Waals surface area contributed by atoms with Crippen molar-refractivity contribution in [3.8, 4) is 0 Å². The van der Waals surface area contributed by atoms with E-state index in [4.69, 9.17) is 4.42 Å². The van der Waals surface area contributed by atoms with Crippen LogP contribution in [0, 0.1) is 6.92 Å². The SMILES string of the molecule is Cc1ccc(CNc2cncc(C(=O)NCc3ccco3)c2)cc1. The molecule has 24 heavy (non-hydrogen) atoms. The van der Waals surface area contributed by atoms with Crippen molar-refractivity contribution in [1.82, 2.24) is 10.3 Å². The number of aromatic nitrogens is 1. The molecular formula is C19H19N3O2. The summed E-state index contributed by atoms with van der Waals surface area (Å²) in [5.74, 6) is 0.530. The first kappa shape index (κ1) is 15.8. The van der Waals surface area contributed by atoms with Gasteiger partial charge in [-0.05, 0) is 30.7 Å². The van der Waals surface area contributed by atoms with E-state index in [-0.39, 0.29) is 5.91 Å². The van der Waals surface area contributed by atoms with Gasteiger partial charge in [0.15, 0.2) is 0 Å². The standard InChI is InChI=1S/C19H19N3O2/c1-14-4-6-15(7-5-14)10-21-17-9-16(11-20-12-17)19(23)22-13-18-3-2-8-24-18/h2-9,11-12,21H,10,13H2,1H3,(H,22,23). The molecule has 0 fully saturated rings. The van der Waals surface area contributed by atoms with Gasteiger partial charge in [-0.15, -0.1) is 0 Å². The number of aryl methyl sites for hydroxylation is 1. The van der Waals surface area contributed by atoms with Crippen LogP contribution in [0.4, 0.5) is 5.69 Å². The molecule has 122 valence electrons. The van der Waals surface area contributed by atoms with Crippen LogP contribution >= 0.6 is 0 Å². The van der Waals surface area contributed by atoms with Crippen LogP contribution in [0.5, 0.6) is 0 Å². The number of benzene rings is 1. The van der Waals surface area contributed by atoms with Crippen molar-refractivity contribution >= 4 is 11.6 Å². The Morgan fingerprint density at radius 3 is 2.71 bits per heavy atom. The predicted octanol–water partition coefficient (Wildman–Crippen LogP) is 3.53. The van der Waals surface area contributed by atoms with Crippen LogP contribution < -0.4 is 10.6 Å². The smallest absolute Gasteiger partial charge is 0.253 e. The molecule has 3 rings (SSSR count). The minimum absolute atomic E-state index is 0.183. The van der Waals surface area contributed by atoms with Crippen molar-refractivity contribution in [3.63, 3.8) is 0 Å². The zero-order valence-electron chi connectivity index (χ0n) is 13.5. The average Bonchev–Trinajstić information content (AvgIpc) is 3.13. The van der Waals surface area contributed by atoms with E-state index in [1.54, 1.807) is 30.8 Å². The molecule has 2 heterocycles. The lowest BCUT2D eigenvalue weighted by Gasteiger charge is -2.08. The van der Waals surface area contributed by atoms with Crippen LogP contribution in [0.3, 0.4) is 0 Å². The van der Waals surface area contributed by atoms with Gasteiger partial charge in [-0.1, -0.05) is 29.8 Å². The van der Waals surface area contributed by atoms with E-state index < -0.39 is 0 Å². The first-order valence-corrected chi connectivity index (χ1v) is 7.76. The van der Waals surface area contributed by atoms with Gasteiger partial charge in [0.1, 0.15) is 5.76 Å². The Balaban J connectivity index is 1.58. The van der Waals surface area contributed by atoms with Gasteiger partial charge in [-0.3, -0.25) is 9.78 Å². The summed E-state index contributed by atoms with van der Waals surface area (Å²) < 4.78 is 5.20. The zero-order valence-corrected chi connectivity index (χ0v) is 13.5. The first-order chi connectivity index (χ1) is 11.7. The summed E-state index contributed by atoms with van der Waals surface area (Å²) in [6.07, 6.45) is 4.84. The fourth-order valence-electron chi connectivity index (χ4n) is 2.25. The lowest BCUT2D eigenvalue weighted by Crippen LogP contribution is -2.22. The number of pyridine rings is 1. The second-order valence-corrected chi connectivity index (χ2v) is 5.56. The number of furan rings is 1. The fourth-order valence-corrected chi connectivity index (χ4v) is 2.25. The molecule has 0 aliphatic carbocycles. The summed E-state index contributed by atoms with van der Waals surface area (Å²) in [7, 11) is 0. The molecule has 0 spiro atoms. The molecule has 0 aliphatic heterocycles.